The van der Waals surface area contributed by atoms with Gasteiger partial charge >= 0.3 is 0 Å². The van der Waals surface area contributed by atoms with Crippen LogP contribution in [-0.2, 0) is 6.42 Å². The van der Waals surface area contributed by atoms with E-state index in [2.05, 4.69) is 4.98 Å². The Hall–Kier alpha value is -1.19. The lowest BCUT2D eigenvalue weighted by Crippen LogP contribution is -1.99. The Morgan fingerprint density at radius 3 is 2.73 bits per heavy atom. The molecule has 0 spiro atoms. The Labute approximate surface area is 93.2 Å². The second kappa shape index (κ2) is 5.05. The van der Waals surface area contributed by atoms with E-state index in [0.717, 1.165) is 24.1 Å². The van der Waals surface area contributed by atoms with Crippen molar-refractivity contribution in [2.24, 2.45) is 0 Å². The molecule has 2 nitrogen and oxygen atoms in total. The first-order chi connectivity index (χ1) is 7.36. The fourth-order valence-electron chi connectivity index (χ4n) is 1.49. The van der Waals surface area contributed by atoms with Gasteiger partial charge in [0.2, 0.25) is 0 Å². The molecule has 1 heterocycles. The average Bonchev–Trinajstić information content (AvgIpc) is 2.80. The zero-order chi connectivity index (χ0) is 10.5. The van der Waals surface area contributed by atoms with Gasteiger partial charge in [-0.3, -0.25) is 0 Å². The smallest absolute Gasteiger partial charge is 0.0794 e. The highest BCUT2D eigenvalue weighted by atomic mass is 32.1. The highest BCUT2D eigenvalue weighted by Gasteiger charge is 2.07. The molecule has 0 aliphatic rings. The molecule has 0 saturated carbocycles. The van der Waals surface area contributed by atoms with E-state index in [-0.39, 0.29) is 6.10 Å². The largest absolute Gasteiger partial charge is 0.388 e. The molecule has 1 aromatic carbocycles. The fourth-order valence-corrected chi connectivity index (χ4v) is 2.08. The third-order valence-corrected chi connectivity index (χ3v) is 2.98. The van der Waals surface area contributed by atoms with Gasteiger partial charge in [-0.1, -0.05) is 30.3 Å². The molecule has 0 fully saturated rings. The first-order valence-corrected chi connectivity index (χ1v) is 5.90. The summed E-state index contributed by atoms with van der Waals surface area (Å²) >= 11 is 1.59. The summed E-state index contributed by atoms with van der Waals surface area (Å²) in [6, 6.07) is 9.75. The molecule has 1 aromatic heterocycles. The van der Waals surface area contributed by atoms with Crippen molar-refractivity contribution in [1.29, 1.82) is 0 Å². The van der Waals surface area contributed by atoms with Gasteiger partial charge in [0.25, 0.3) is 0 Å². The predicted molar refractivity (Wildman–Crippen MR) is 61.8 cm³/mol. The van der Waals surface area contributed by atoms with Crippen LogP contribution in [0.1, 0.15) is 23.8 Å². The van der Waals surface area contributed by atoms with Gasteiger partial charge in [0.15, 0.2) is 0 Å². The number of aromatic nitrogens is 1. The van der Waals surface area contributed by atoms with Gasteiger partial charge in [0, 0.05) is 5.38 Å². The van der Waals surface area contributed by atoms with Crippen molar-refractivity contribution in [3.63, 3.8) is 0 Å². The number of nitrogens with zero attached hydrogens (tertiary/aromatic N) is 1. The number of aryl methyl sites for hydroxylation is 1. The van der Waals surface area contributed by atoms with Crippen LogP contribution in [0.15, 0.2) is 41.2 Å². The second-order valence-electron chi connectivity index (χ2n) is 3.44. The summed E-state index contributed by atoms with van der Waals surface area (Å²) in [6.45, 7) is 0. The van der Waals surface area contributed by atoms with E-state index in [9.17, 15) is 5.11 Å². The minimum absolute atomic E-state index is 0.382. The van der Waals surface area contributed by atoms with Crippen LogP contribution in [0.3, 0.4) is 0 Å². The topological polar surface area (TPSA) is 33.1 Å². The Morgan fingerprint density at radius 1 is 1.27 bits per heavy atom. The van der Waals surface area contributed by atoms with Crippen molar-refractivity contribution in [2.75, 3.05) is 0 Å². The lowest BCUT2D eigenvalue weighted by molar-refractivity contribution is 0.167. The van der Waals surface area contributed by atoms with Gasteiger partial charge in [0.1, 0.15) is 0 Å². The molecule has 0 bridgehead atoms. The third-order valence-electron chi connectivity index (χ3n) is 2.34. The molecule has 78 valence electrons. The number of aliphatic hydroxyl groups excluding tert-OH is 1. The molecule has 2 aromatic rings. The van der Waals surface area contributed by atoms with Crippen molar-refractivity contribution in [3.05, 3.63) is 52.5 Å². The maximum atomic E-state index is 9.89. The molecule has 0 aliphatic heterocycles. The molecule has 3 heteroatoms. The summed E-state index contributed by atoms with van der Waals surface area (Å²) in [5.74, 6) is 0. The molecule has 0 radical (unpaired) electrons. The van der Waals surface area contributed by atoms with E-state index in [1.54, 1.807) is 11.3 Å². The Morgan fingerprint density at radius 2 is 2.07 bits per heavy atom. The van der Waals surface area contributed by atoms with Crippen LogP contribution in [0.25, 0.3) is 0 Å². The minimum Gasteiger partial charge on any atom is -0.388 e. The molecule has 0 unspecified atom stereocenters. The van der Waals surface area contributed by atoms with E-state index >= 15 is 0 Å². The van der Waals surface area contributed by atoms with Crippen molar-refractivity contribution in [1.82, 2.24) is 4.98 Å². The summed E-state index contributed by atoms with van der Waals surface area (Å²) in [5.41, 5.74) is 3.87. The number of hydrogen-bond donors (Lipinski definition) is 1. The Kier molecular flexibility index (Phi) is 3.48. The van der Waals surface area contributed by atoms with Crippen LogP contribution < -0.4 is 0 Å². The molecule has 1 atom stereocenters. The summed E-state index contributed by atoms with van der Waals surface area (Å²) < 4.78 is 0. The molecule has 0 amide bonds. The summed E-state index contributed by atoms with van der Waals surface area (Å²) in [5, 5.41) is 11.9. The molecule has 15 heavy (non-hydrogen) atoms. The first kappa shape index (κ1) is 10.3. The lowest BCUT2D eigenvalue weighted by atomic mass is 10.0. The van der Waals surface area contributed by atoms with Crippen molar-refractivity contribution < 1.29 is 5.11 Å². The van der Waals surface area contributed by atoms with Crippen molar-refractivity contribution in [2.45, 2.75) is 18.9 Å². The molecule has 0 aliphatic carbocycles. The fraction of sp³-hybridized carbons (Fsp3) is 0.250. The lowest BCUT2D eigenvalue weighted by Gasteiger charge is -2.09. The molecule has 2 rings (SSSR count). The molecular weight excluding hydrogens is 206 g/mol. The normalized spacial score (nSPS) is 12.6. The van der Waals surface area contributed by atoms with Crippen molar-refractivity contribution in [3.8, 4) is 0 Å². The summed E-state index contributed by atoms with van der Waals surface area (Å²) in [6.07, 6.45) is 1.18. The van der Waals surface area contributed by atoms with E-state index in [4.69, 9.17) is 0 Å². The van der Waals surface area contributed by atoms with Gasteiger partial charge in [-0.2, -0.15) is 0 Å². The van der Waals surface area contributed by atoms with Gasteiger partial charge in [0.05, 0.1) is 17.3 Å². The van der Waals surface area contributed by atoms with Crippen LogP contribution >= 0.6 is 11.3 Å². The average molecular weight is 219 g/mol. The maximum absolute atomic E-state index is 9.89. The number of rotatable bonds is 4. The minimum atomic E-state index is -0.382. The number of benzene rings is 1. The van der Waals surface area contributed by atoms with Crippen LogP contribution in [0.4, 0.5) is 0 Å². The SMILES string of the molecule is O[C@@H](CCc1cscn1)c1ccccc1. The van der Waals surface area contributed by atoms with E-state index in [1.165, 1.54) is 0 Å². The molecule has 0 saturated heterocycles. The predicted octanol–water partition coefficient (Wildman–Crippen LogP) is 2.81. The van der Waals surface area contributed by atoms with Gasteiger partial charge < -0.3 is 5.11 Å². The zero-order valence-corrected chi connectivity index (χ0v) is 9.15. The van der Waals surface area contributed by atoms with Crippen molar-refractivity contribution >= 4 is 11.3 Å². The Balaban J connectivity index is 1.90. The highest BCUT2D eigenvalue weighted by Crippen LogP contribution is 2.18. The monoisotopic (exact) mass is 219 g/mol. The van der Waals surface area contributed by atoms with Crippen LogP contribution in [0, 0.1) is 0 Å². The first-order valence-electron chi connectivity index (χ1n) is 4.96. The summed E-state index contributed by atoms with van der Waals surface area (Å²) in [4.78, 5) is 4.19. The van der Waals surface area contributed by atoms with E-state index in [0.29, 0.717) is 0 Å². The quantitative estimate of drug-likeness (QED) is 0.857. The van der Waals surface area contributed by atoms with Gasteiger partial charge in [-0.25, -0.2) is 4.98 Å². The second-order valence-corrected chi connectivity index (χ2v) is 4.16. The molecule has 1 N–H and O–H groups in total. The maximum Gasteiger partial charge on any atom is 0.0794 e. The van der Waals surface area contributed by atoms with Gasteiger partial charge in [-0.15, -0.1) is 11.3 Å². The zero-order valence-electron chi connectivity index (χ0n) is 8.34. The standard InChI is InChI=1S/C12H13NOS/c14-12(10-4-2-1-3-5-10)7-6-11-8-15-9-13-11/h1-5,8-9,12,14H,6-7H2/t12-/m0/s1. The van der Waals surface area contributed by atoms with Gasteiger partial charge in [-0.05, 0) is 18.4 Å². The summed E-state index contributed by atoms with van der Waals surface area (Å²) in [7, 11) is 0. The number of hydrogen-bond acceptors (Lipinski definition) is 3. The van der Waals surface area contributed by atoms with E-state index in [1.807, 2.05) is 41.2 Å². The highest BCUT2D eigenvalue weighted by molar-refractivity contribution is 7.07. The van der Waals surface area contributed by atoms with Crippen LogP contribution in [0.5, 0.6) is 0 Å². The number of aliphatic hydroxyl groups is 1. The Bertz CT molecular complexity index is 385. The van der Waals surface area contributed by atoms with Crippen LogP contribution in [-0.4, -0.2) is 10.1 Å². The molecular formula is C12H13NOS. The number of thiazole rings is 1. The van der Waals surface area contributed by atoms with Crippen LogP contribution in [0.2, 0.25) is 0 Å². The third kappa shape index (κ3) is 2.88. The van der Waals surface area contributed by atoms with E-state index < -0.39 is 0 Å².